The summed E-state index contributed by atoms with van der Waals surface area (Å²) in [5.74, 6) is -0.277. The second-order valence-electron chi connectivity index (χ2n) is 5.01. The SMILES string of the molecule is CCN1CCCC1CN(C)c1ccc(F)cc1N. The molecule has 0 spiro atoms. The highest BCUT2D eigenvalue weighted by Gasteiger charge is 2.24. The Hall–Kier alpha value is -1.29. The van der Waals surface area contributed by atoms with E-state index in [-0.39, 0.29) is 5.82 Å². The summed E-state index contributed by atoms with van der Waals surface area (Å²) in [4.78, 5) is 4.63. The first-order valence-corrected chi connectivity index (χ1v) is 6.62. The molecule has 1 atom stereocenters. The maximum Gasteiger partial charge on any atom is 0.125 e. The number of rotatable bonds is 4. The summed E-state index contributed by atoms with van der Waals surface area (Å²) >= 11 is 0. The zero-order valence-corrected chi connectivity index (χ0v) is 11.2. The number of likely N-dealkylation sites (tertiary alicyclic amines) is 1. The van der Waals surface area contributed by atoms with Crippen molar-refractivity contribution in [2.45, 2.75) is 25.8 Å². The van der Waals surface area contributed by atoms with Crippen LogP contribution in [0.3, 0.4) is 0 Å². The highest BCUT2D eigenvalue weighted by Crippen LogP contribution is 2.25. The summed E-state index contributed by atoms with van der Waals surface area (Å²) < 4.78 is 13.0. The van der Waals surface area contributed by atoms with Gasteiger partial charge in [0, 0.05) is 19.6 Å². The van der Waals surface area contributed by atoms with Gasteiger partial charge in [-0.15, -0.1) is 0 Å². The largest absolute Gasteiger partial charge is 0.397 e. The third-order valence-corrected chi connectivity index (χ3v) is 3.79. The van der Waals surface area contributed by atoms with Crippen LogP contribution in [-0.2, 0) is 0 Å². The van der Waals surface area contributed by atoms with E-state index in [1.165, 1.54) is 31.5 Å². The van der Waals surface area contributed by atoms with Crippen LogP contribution in [0.5, 0.6) is 0 Å². The Labute approximate surface area is 108 Å². The molecule has 1 aliphatic heterocycles. The molecule has 0 amide bonds. The summed E-state index contributed by atoms with van der Waals surface area (Å²) in [6.45, 7) is 5.43. The van der Waals surface area contributed by atoms with Gasteiger partial charge in [0.05, 0.1) is 11.4 Å². The van der Waals surface area contributed by atoms with E-state index in [0.717, 1.165) is 18.8 Å². The normalized spacial score (nSPS) is 20.3. The lowest BCUT2D eigenvalue weighted by Gasteiger charge is -2.29. The Kier molecular flexibility index (Phi) is 4.07. The van der Waals surface area contributed by atoms with E-state index in [1.807, 2.05) is 7.05 Å². The molecule has 2 rings (SSSR count). The monoisotopic (exact) mass is 251 g/mol. The van der Waals surface area contributed by atoms with E-state index in [2.05, 4.69) is 16.7 Å². The first-order valence-electron chi connectivity index (χ1n) is 6.62. The molecule has 1 heterocycles. The maximum atomic E-state index is 13.0. The van der Waals surface area contributed by atoms with Gasteiger partial charge in [-0.05, 0) is 44.1 Å². The molecule has 3 nitrogen and oxygen atoms in total. The van der Waals surface area contributed by atoms with Crippen LogP contribution < -0.4 is 10.6 Å². The van der Waals surface area contributed by atoms with Gasteiger partial charge in [-0.1, -0.05) is 6.92 Å². The van der Waals surface area contributed by atoms with Crippen molar-refractivity contribution in [3.8, 4) is 0 Å². The van der Waals surface area contributed by atoms with Gasteiger partial charge in [0.25, 0.3) is 0 Å². The van der Waals surface area contributed by atoms with Crippen molar-refractivity contribution in [2.24, 2.45) is 0 Å². The summed E-state index contributed by atoms with van der Waals surface area (Å²) in [5, 5.41) is 0. The second-order valence-corrected chi connectivity index (χ2v) is 5.01. The predicted molar refractivity (Wildman–Crippen MR) is 74.4 cm³/mol. The lowest BCUT2D eigenvalue weighted by atomic mass is 10.2. The number of benzene rings is 1. The Morgan fingerprint density at radius 3 is 2.94 bits per heavy atom. The zero-order valence-electron chi connectivity index (χ0n) is 11.2. The number of nitrogens with zero attached hydrogens (tertiary/aromatic N) is 2. The van der Waals surface area contributed by atoms with Crippen molar-refractivity contribution in [1.29, 1.82) is 0 Å². The first kappa shape index (κ1) is 13.1. The Morgan fingerprint density at radius 2 is 2.28 bits per heavy atom. The van der Waals surface area contributed by atoms with E-state index in [4.69, 9.17) is 5.73 Å². The minimum Gasteiger partial charge on any atom is -0.397 e. The van der Waals surface area contributed by atoms with Crippen LogP contribution >= 0.6 is 0 Å². The number of likely N-dealkylation sites (N-methyl/N-ethyl adjacent to an activating group) is 2. The van der Waals surface area contributed by atoms with Gasteiger partial charge in [-0.2, -0.15) is 0 Å². The van der Waals surface area contributed by atoms with Gasteiger partial charge in [-0.25, -0.2) is 4.39 Å². The molecule has 1 saturated heterocycles. The van der Waals surface area contributed by atoms with Crippen molar-refractivity contribution >= 4 is 11.4 Å². The highest BCUT2D eigenvalue weighted by molar-refractivity contribution is 5.67. The Bertz CT molecular complexity index is 408. The van der Waals surface area contributed by atoms with Crippen molar-refractivity contribution in [2.75, 3.05) is 37.3 Å². The fourth-order valence-electron chi connectivity index (χ4n) is 2.81. The molecular formula is C14H22FN3. The number of halogens is 1. The molecular weight excluding hydrogens is 229 g/mol. The van der Waals surface area contributed by atoms with Crippen LogP contribution in [0, 0.1) is 5.82 Å². The molecule has 0 saturated carbocycles. The van der Waals surface area contributed by atoms with E-state index >= 15 is 0 Å². The van der Waals surface area contributed by atoms with Gasteiger partial charge in [0.1, 0.15) is 5.82 Å². The van der Waals surface area contributed by atoms with Crippen LogP contribution in [0.25, 0.3) is 0 Å². The van der Waals surface area contributed by atoms with Crippen molar-refractivity contribution in [3.63, 3.8) is 0 Å². The van der Waals surface area contributed by atoms with E-state index in [9.17, 15) is 4.39 Å². The molecule has 2 N–H and O–H groups in total. The first-order chi connectivity index (χ1) is 8.61. The van der Waals surface area contributed by atoms with Crippen molar-refractivity contribution < 1.29 is 4.39 Å². The van der Waals surface area contributed by atoms with E-state index in [0.29, 0.717) is 11.7 Å². The summed E-state index contributed by atoms with van der Waals surface area (Å²) in [6, 6.07) is 5.20. The van der Waals surface area contributed by atoms with E-state index in [1.54, 1.807) is 6.07 Å². The molecule has 1 aromatic carbocycles. The fraction of sp³-hybridized carbons (Fsp3) is 0.571. The molecule has 0 bridgehead atoms. The van der Waals surface area contributed by atoms with Gasteiger partial charge in [0.15, 0.2) is 0 Å². The third kappa shape index (κ3) is 2.75. The van der Waals surface area contributed by atoms with Gasteiger partial charge < -0.3 is 10.6 Å². The van der Waals surface area contributed by atoms with Crippen LogP contribution in [-0.4, -0.2) is 37.6 Å². The van der Waals surface area contributed by atoms with Crippen LogP contribution in [0.1, 0.15) is 19.8 Å². The number of nitrogen functional groups attached to an aromatic ring is 1. The molecule has 1 fully saturated rings. The van der Waals surface area contributed by atoms with Gasteiger partial charge >= 0.3 is 0 Å². The van der Waals surface area contributed by atoms with Crippen LogP contribution in [0.4, 0.5) is 15.8 Å². The van der Waals surface area contributed by atoms with Crippen LogP contribution in [0.15, 0.2) is 18.2 Å². The molecule has 0 radical (unpaired) electrons. The average molecular weight is 251 g/mol. The summed E-state index contributed by atoms with van der Waals surface area (Å²) in [5.41, 5.74) is 7.30. The molecule has 0 aliphatic carbocycles. The molecule has 1 unspecified atom stereocenters. The maximum absolute atomic E-state index is 13.0. The smallest absolute Gasteiger partial charge is 0.125 e. The fourth-order valence-corrected chi connectivity index (χ4v) is 2.81. The number of anilines is 2. The average Bonchev–Trinajstić information content (AvgIpc) is 2.76. The lowest BCUT2D eigenvalue weighted by molar-refractivity contribution is 0.270. The minimum atomic E-state index is -0.277. The van der Waals surface area contributed by atoms with Gasteiger partial charge in [0.2, 0.25) is 0 Å². The molecule has 100 valence electrons. The van der Waals surface area contributed by atoms with Crippen molar-refractivity contribution in [3.05, 3.63) is 24.0 Å². The van der Waals surface area contributed by atoms with E-state index < -0.39 is 0 Å². The minimum absolute atomic E-state index is 0.277. The number of nitrogens with two attached hydrogens (primary N) is 1. The number of hydrogen-bond donors (Lipinski definition) is 1. The quantitative estimate of drug-likeness (QED) is 0.834. The molecule has 0 aromatic heterocycles. The predicted octanol–water partition coefficient (Wildman–Crippen LogP) is 2.33. The van der Waals surface area contributed by atoms with Crippen LogP contribution in [0.2, 0.25) is 0 Å². The lowest BCUT2D eigenvalue weighted by Crippen LogP contribution is -2.38. The third-order valence-electron chi connectivity index (χ3n) is 3.79. The molecule has 4 heteroatoms. The van der Waals surface area contributed by atoms with Crippen molar-refractivity contribution in [1.82, 2.24) is 4.90 Å². The zero-order chi connectivity index (χ0) is 13.1. The molecule has 1 aromatic rings. The topological polar surface area (TPSA) is 32.5 Å². The molecule has 1 aliphatic rings. The molecule has 18 heavy (non-hydrogen) atoms. The standard InChI is InChI=1S/C14H22FN3/c1-3-18-8-4-5-12(18)10-17(2)14-7-6-11(15)9-13(14)16/h6-7,9,12H,3-5,8,10,16H2,1-2H3. The van der Waals surface area contributed by atoms with Gasteiger partial charge in [-0.3, -0.25) is 4.90 Å². The Morgan fingerprint density at radius 1 is 1.50 bits per heavy atom. The Balaban J connectivity index is 2.05. The summed E-state index contributed by atoms with van der Waals surface area (Å²) in [6.07, 6.45) is 2.50. The highest BCUT2D eigenvalue weighted by atomic mass is 19.1. The second kappa shape index (κ2) is 5.57. The summed E-state index contributed by atoms with van der Waals surface area (Å²) in [7, 11) is 2.02. The number of hydrogen-bond acceptors (Lipinski definition) is 3.